The zero-order valence-electron chi connectivity index (χ0n) is 15.4. The average Bonchev–Trinajstić information content (AvgIpc) is 2.61. The van der Waals surface area contributed by atoms with Gasteiger partial charge in [-0.3, -0.25) is 0 Å². The molecule has 0 spiro atoms. The number of aliphatic hydroxyl groups excluding tert-OH is 3. The summed E-state index contributed by atoms with van der Waals surface area (Å²) in [4.78, 5) is 0. The third-order valence-electron chi connectivity index (χ3n) is 5.66. The standard InChI is InChI=1S/C21H28O4/c1-14-7-5-9-18(16(14)3)21(25,20(11-22,12-23)13-24)19-10-6-8-15(2)17(19)4/h5-10,22-25H,11-13H2,1-4H3. The lowest BCUT2D eigenvalue weighted by Crippen LogP contribution is -2.54. The van der Waals surface area contributed by atoms with E-state index in [9.17, 15) is 20.4 Å². The molecule has 0 atom stereocenters. The Morgan fingerprint density at radius 1 is 0.680 bits per heavy atom. The molecule has 2 rings (SSSR count). The van der Waals surface area contributed by atoms with Gasteiger partial charge in [0.05, 0.1) is 25.2 Å². The number of hydrogen-bond acceptors (Lipinski definition) is 4. The molecule has 0 heterocycles. The third-order valence-corrected chi connectivity index (χ3v) is 5.66. The van der Waals surface area contributed by atoms with Crippen LogP contribution < -0.4 is 0 Å². The van der Waals surface area contributed by atoms with Crippen LogP contribution in [0.25, 0.3) is 0 Å². The lowest BCUT2D eigenvalue weighted by molar-refractivity contribution is -0.136. The number of aryl methyl sites for hydroxylation is 2. The molecule has 0 aromatic heterocycles. The van der Waals surface area contributed by atoms with Crippen molar-refractivity contribution in [2.75, 3.05) is 19.8 Å². The second-order valence-corrected chi connectivity index (χ2v) is 6.96. The summed E-state index contributed by atoms with van der Waals surface area (Å²) >= 11 is 0. The highest BCUT2D eigenvalue weighted by molar-refractivity contribution is 5.49. The average molecular weight is 344 g/mol. The Kier molecular flexibility index (Phi) is 5.69. The molecule has 0 saturated carbocycles. The van der Waals surface area contributed by atoms with E-state index in [-0.39, 0.29) is 0 Å². The van der Waals surface area contributed by atoms with Crippen LogP contribution in [0.15, 0.2) is 36.4 Å². The largest absolute Gasteiger partial charge is 0.395 e. The summed E-state index contributed by atoms with van der Waals surface area (Å²) in [6, 6.07) is 11.1. The second kappa shape index (κ2) is 7.26. The van der Waals surface area contributed by atoms with Gasteiger partial charge in [0, 0.05) is 0 Å². The summed E-state index contributed by atoms with van der Waals surface area (Å²) in [7, 11) is 0. The molecule has 0 aliphatic carbocycles. The van der Waals surface area contributed by atoms with Crippen LogP contribution in [0.3, 0.4) is 0 Å². The molecule has 0 aliphatic heterocycles. The fraction of sp³-hybridized carbons (Fsp3) is 0.429. The molecule has 0 aliphatic rings. The molecule has 0 amide bonds. The first-order chi connectivity index (χ1) is 11.8. The van der Waals surface area contributed by atoms with Crippen LogP contribution in [0.2, 0.25) is 0 Å². The van der Waals surface area contributed by atoms with Gasteiger partial charge >= 0.3 is 0 Å². The van der Waals surface area contributed by atoms with E-state index in [1.165, 1.54) is 0 Å². The molecule has 4 heteroatoms. The minimum atomic E-state index is -1.74. The van der Waals surface area contributed by atoms with Gasteiger partial charge in [0.15, 0.2) is 0 Å². The Bertz CT molecular complexity index is 688. The number of aliphatic hydroxyl groups is 4. The van der Waals surface area contributed by atoms with E-state index >= 15 is 0 Å². The maximum atomic E-state index is 12.0. The number of hydrogen-bond donors (Lipinski definition) is 4. The minimum Gasteiger partial charge on any atom is -0.395 e. The molecule has 4 nitrogen and oxygen atoms in total. The van der Waals surface area contributed by atoms with Gasteiger partial charge in [-0.1, -0.05) is 36.4 Å². The van der Waals surface area contributed by atoms with Gasteiger partial charge in [-0.2, -0.15) is 0 Å². The molecular weight excluding hydrogens is 316 g/mol. The van der Waals surface area contributed by atoms with Crippen LogP contribution in [-0.4, -0.2) is 40.2 Å². The summed E-state index contributed by atoms with van der Waals surface area (Å²) in [5, 5.41) is 42.2. The monoisotopic (exact) mass is 344 g/mol. The smallest absolute Gasteiger partial charge is 0.127 e. The van der Waals surface area contributed by atoms with Crippen molar-refractivity contribution in [2.24, 2.45) is 5.41 Å². The van der Waals surface area contributed by atoms with Crippen molar-refractivity contribution in [3.63, 3.8) is 0 Å². The lowest BCUT2D eigenvalue weighted by atomic mass is 9.63. The molecule has 0 unspecified atom stereocenters. The first kappa shape index (κ1) is 19.6. The van der Waals surface area contributed by atoms with E-state index in [2.05, 4.69) is 0 Å². The van der Waals surface area contributed by atoms with E-state index < -0.39 is 30.8 Å². The van der Waals surface area contributed by atoms with Crippen LogP contribution in [0, 0.1) is 33.1 Å². The molecular formula is C21H28O4. The van der Waals surface area contributed by atoms with Gasteiger partial charge in [0.1, 0.15) is 5.60 Å². The Balaban J connectivity index is 2.94. The van der Waals surface area contributed by atoms with Crippen molar-refractivity contribution in [1.29, 1.82) is 0 Å². The van der Waals surface area contributed by atoms with Crippen LogP contribution >= 0.6 is 0 Å². The molecule has 2 aromatic rings. The Hall–Kier alpha value is -1.72. The van der Waals surface area contributed by atoms with E-state index in [0.717, 1.165) is 22.3 Å². The first-order valence-corrected chi connectivity index (χ1v) is 8.47. The zero-order valence-corrected chi connectivity index (χ0v) is 15.4. The van der Waals surface area contributed by atoms with E-state index in [0.29, 0.717) is 11.1 Å². The highest BCUT2D eigenvalue weighted by atomic mass is 16.3. The first-order valence-electron chi connectivity index (χ1n) is 8.47. The lowest BCUT2D eigenvalue weighted by Gasteiger charge is -2.46. The van der Waals surface area contributed by atoms with Gasteiger partial charge in [0.25, 0.3) is 0 Å². The SMILES string of the molecule is Cc1cccc(C(O)(c2cccc(C)c2C)C(CO)(CO)CO)c1C. The molecule has 25 heavy (non-hydrogen) atoms. The summed E-state index contributed by atoms with van der Waals surface area (Å²) in [6.07, 6.45) is 0. The van der Waals surface area contributed by atoms with Gasteiger partial charge < -0.3 is 20.4 Å². The summed E-state index contributed by atoms with van der Waals surface area (Å²) in [5.41, 5.74) is 1.61. The Morgan fingerprint density at radius 2 is 1.04 bits per heavy atom. The van der Waals surface area contributed by atoms with E-state index in [1.807, 2.05) is 52.0 Å². The van der Waals surface area contributed by atoms with Gasteiger partial charge in [0.2, 0.25) is 0 Å². The van der Waals surface area contributed by atoms with E-state index in [4.69, 9.17) is 0 Å². The fourth-order valence-corrected chi connectivity index (χ4v) is 3.50. The molecule has 0 radical (unpaired) electrons. The summed E-state index contributed by atoms with van der Waals surface area (Å²) < 4.78 is 0. The molecule has 0 fully saturated rings. The minimum absolute atomic E-state index is 0.558. The van der Waals surface area contributed by atoms with Crippen molar-refractivity contribution in [3.8, 4) is 0 Å². The zero-order chi connectivity index (χ0) is 18.8. The molecule has 136 valence electrons. The van der Waals surface area contributed by atoms with Crippen LogP contribution in [0.5, 0.6) is 0 Å². The second-order valence-electron chi connectivity index (χ2n) is 6.96. The Labute approximate surface area is 149 Å². The molecule has 2 aromatic carbocycles. The topological polar surface area (TPSA) is 80.9 Å². The van der Waals surface area contributed by atoms with Gasteiger partial charge in [-0.05, 0) is 61.1 Å². The highest BCUT2D eigenvalue weighted by Gasteiger charge is 2.53. The maximum Gasteiger partial charge on any atom is 0.127 e. The van der Waals surface area contributed by atoms with Crippen LogP contribution in [-0.2, 0) is 5.60 Å². The Morgan fingerprint density at radius 3 is 1.36 bits per heavy atom. The van der Waals surface area contributed by atoms with Gasteiger partial charge in [-0.25, -0.2) is 0 Å². The summed E-state index contributed by atoms with van der Waals surface area (Å²) in [6.45, 7) is 6.02. The quantitative estimate of drug-likeness (QED) is 0.647. The predicted octanol–water partition coefficient (Wildman–Crippen LogP) is 2.12. The maximum absolute atomic E-state index is 12.0. The molecule has 0 saturated heterocycles. The van der Waals surface area contributed by atoms with Crippen molar-refractivity contribution in [3.05, 3.63) is 69.8 Å². The fourth-order valence-electron chi connectivity index (χ4n) is 3.50. The van der Waals surface area contributed by atoms with Crippen molar-refractivity contribution in [1.82, 2.24) is 0 Å². The summed E-state index contributed by atoms with van der Waals surface area (Å²) in [5.74, 6) is 0. The number of benzene rings is 2. The van der Waals surface area contributed by atoms with Gasteiger partial charge in [-0.15, -0.1) is 0 Å². The number of rotatable bonds is 6. The predicted molar refractivity (Wildman–Crippen MR) is 98.5 cm³/mol. The van der Waals surface area contributed by atoms with E-state index in [1.54, 1.807) is 12.1 Å². The van der Waals surface area contributed by atoms with Crippen LogP contribution in [0.1, 0.15) is 33.4 Å². The highest BCUT2D eigenvalue weighted by Crippen LogP contribution is 2.47. The third kappa shape index (κ3) is 2.89. The van der Waals surface area contributed by atoms with Crippen molar-refractivity contribution in [2.45, 2.75) is 33.3 Å². The normalized spacial score (nSPS) is 12.5. The molecule has 0 bridgehead atoms. The van der Waals surface area contributed by atoms with Crippen LogP contribution in [0.4, 0.5) is 0 Å². The van der Waals surface area contributed by atoms with Crippen molar-refractivity contribution < 1.29 is 20.4 Å². The molecule has 4 N–H and O–H groups in total. The van der Waals surface area contributed by atoms with Crippen molar-refractivity contribution >= 4 is 0 Å².